The highest BCUT2D eigenvalue weighted by Gasteiger charge is 2.30. The van der Waals surface area contributed by atoms with Gasteiger partial charge in [0.2, 0.25) is 11.8 Å². The van der Waals surface area contributed by atoms with E-state index in [4.69, 9.17) is 0 Å². The second kappa shape index (κ2) is 8.63. The van der Waals surface area contributed by atoms with E-state index in [0.717, 1.165) is 73.0 Å². The number of piperidine rings is 1. The Labute approximate surface area is 175 Å². The quantitative estimate of drug-likeness (QED) is 0.753. The minimum absolute atomic E-state index is 0.0209. The molecule has 0 bridgehead atoms. The SMILES string of the molecule is Cc1nc(CN2CCC(C(=O)Nc3cc(NC(=O)C4CC4)ccc3C)CC2)cs1. The van der Waals surface area contributed by atoms with Gasteiger partial charge < -0.3 is 10.6 Å². The maximum absolute atomic E-state index is 12.8. The fraction of sp³-hybridized carbons (Fsp3) is 0.500. The minimum atomic E-state index is 0.0209. The number of carbonyl (C=O) groups is 2. The van der Waals surface area contributed by atoms with E-state index in [9.17, 15) is 9.59 Å². The molecule has 154 valence electrons. The Balaban J connectivity index is 1.30. The molecule has 7 heteroatoms. The third-order valence-electron chi connectivity index (χ3n) is 5.72. The van der Waals surface area contributed by atoms with Crippen LogP contribution in [-0.4, -0.2) is 34.8 Å². The molecule has 4 rings (SSSR count). The Morgan fingerprint density at radius 2 is 1.76 bits per heavy atom. The lowest BCUT2D eigenvalue weighted by Crippen LogP contribution is -2.37. The van der Waals surface area contributed by atoms with Crippen LogP contribution in [0.4, 0.5) is 11.4 Å². The second-order valence-electron chi connectivity index (χ2n) is 8.19. The zero-order chi connectivity index (χ0) is 20.4. The van der Waals surface area contributed by atoms with Gasteiger partial charge >= 0.3 is 0 Å². The molecule has 0 radical (unpaired) electrons. The number of hydrogen-bond acceptors (Lipinski definition) is 5. The summed E-state index contributed by atoms with van der Waals surface area (Å²) < 4.78 is 0. The van der Waals surface area contributed by atoms with Crippen molar-refractivity contribution in [1.29, 1.82) is 0 Å². The average molecular weight is 413 g/mol. The number of aryl methyl sites for hydroxylation is 2. The van der Waals surface area contributed by atoms with Gasteiger partial charge in [-0.25, -0.2) is 4.98 Å². The first-order valence-electron chi connectivity index (χ1n) is 10.3. The van der Waals surface area contributed by atoms with Crippen LogP contribution in [0.5, 0.6) is 0 Å². The molecule has 29 heavy (non-hydrogen) atoms. The van der Waals surface area contributed by atoms with Crippen molar-refractivity contribution in [3.8, 4) is 0 Å². The maximum atomic E-state index is 12.8. The predicted octanol–water partition coefficient (Wildman–Crippen LogP) is 3.96. The number of amides is 2. The molecule has 0 spiro atoms. The van der Waals surface area contributed by atoms with Crippen molar-refractivity contribution in [3.63, 3.8) is 0 Å². The number of thiazole rings is 1. The van der Waals surface area contributed by atoms with Crippen molar-refractivity contribution in [2.24, 2.45) is 11.8 Å². The third kappa shape index (κ3) is 5.22. The Kier molecular flexibility index (Phi) is 5.96. The first-order valence-corrected chi connectivity index (χ1v) is 11.2. The van der Waals surface area contributed by atoms with Gasteiger partial charge in [0.05, 0.1) is 10.7 Å². The van der Waals surface area contributed by atoms with Crippen LogP contribution in [-0.2, 0) is 16.1 Å². The van der Waals surface area contributed by atoms with Gasteiger partial charge in [0.15, 0.2) is 0 Å². The smallest absolute Gasteiger partial charge is 0.227 e. The molecule has 2 aromatic rings. The molecule has 1 saturated carbocycles. The summed E-state index contributed by atoms with van der Waals surface area (Å²) in [4.78, 5) is 31.7. The average Bonchev–Trinajstić information content (AvgIpc) is 3.48. The van der Waals surface area contributed by atoms with E-state index in [0.29, 0.717) is 0 Å². The molecule has 2 aliphatic rings. The fourth-order valence-corrected chi connectivity index (χ4v) is 4.33. The summed E-state index contributed by atoms with van der Waals surface area (Å²) in [6.45, 7) is 6.68. The van der Waals surface area contributed by atoms with Gasteiger partial charge in [-0.15, -0.1) is 11.3 Å². The predicted molar refractivity (Wildman–Crippen MR) is 116 cm³/mol. The number of rotatable bonds is 6. The fourth-order valence-electron chi connectivity index (χ4n) is 3.72. The molecule has 2 amide bonds. The summed E-state index contributed by atoms with van der Waals surface area (Å²) in [5.41, 5.74) is 3.65. The Morgan fingerprint density at radius 1 is 1.07 bits per heavy atom. The van der Waals surface area contributed by atoms with Gasteiger partial charge in [-0.05, 0) is 70.3 Å². The molecule has 0 atom stereocenters. The molecular weight excluding hydrogens is 384 g/mol. The zero-order valence-electron chi connectivity index (χ0n) is 17.0. The molecule has 2 N–H and O–H groups in total. The Morgan fingerprint density at radius 3 is 2.41 bits per heavy atom. The topological polar surface area (TPSA) is 74.3 Å². The summed E-state index contributed by atoms with van der Waals surface area (Å²) in [5.74, 6) is 0.331. The third-order valence-corrected chi connectivity index (χ3v) is 6.54. The van der Waals surface area contributed by atoms with Gasteiger partial charge in [-0.3, -0.25) is 14.5 Å². The minimum Gasteiger partial charge on any atom is -0.326 e. The molecule has 1 aromatic heterocycles. The summed E-state index contributed by atoms with van der Waals surface area (Å²) in [6, 6.07) is 5.70. The lowest BCUT2D eigenvalue weighted by Gasteiger charge is -2.30. The molecule has 1 saturated heterocycles. The Hall–Kier alpha value is -2.25. The lowest BCUT2D eigenvalue weighted by molar-refractivity contribution is -0.121. The highest BCUT2D eigenvalue weighted by molar-refractivity contribution is 7.09. The summed E-state index contributed by atoms with van der Waals surface area (Å²) >= 11 is 1.68. The number of hydrogen-bond donors (Lipinski definition) is 2. The summed E-state index contributed by atoms with van der Waals surface area (Å²) in [7, 11) is 0. The van der Waals surface area contributed by atoms with Crippen LogP contribution in [0.25, 0.3) is 0 Å². The molecule has 1 aliphatic carbocycles. The van der Waals surface area contributed by atoms with Crippen LogP contribution in [0, 0.1) is 25.7 Å². The highest BCUT2D eigenvalue weighted by Crippen LogP contribution is 2.31. The number of nitrogens with zero attached hydrogens (tertiary/aromatic N) is 2. The van der Waals surface area contributed by atoms with Crippen LogP contribution in [0.3, 0.4) is 0 Å². The van der Waals surface area contributed by atoms with E-state index in [-0.39, 0.29) is 23.7 Å². The normalized spacial score (nSPS) is 17.9. The van der Waals surface area contributed by atoms with E-state index in [1.165, 1.54) is 0 Å². The molecular formula is C22H28N4O2S. The number of anilines is 2. The van der Waals surface area contributed by atoms with Gasteiger partial charge in [0.1, 0.15) is 0 Å². The number of benzene rings is 1. The van der Waals surface area contributed by atoms with Crippen molar-refractivity contribution in [2.75, 3.05) is 23.7 Å². The van der Waals surface area contributed by atoms with E-state index in [1.54, 1.807) is 11.3 Å². The van der Waals surface area contributed by atoms with Crippen LogP contribution in [0.15, 0.2) is 23.6 Å². The van der Waals surface area contributed by atoms with Crippen LogP contribution < -0.4 is 10.6 Å². The standard InChI is InChI=1S/C22H28N4O2S/c1-14-3-6-18(24-21(27)16-4-5-16)11-20(14)25-22(28)17-7-9-26(10-8-17)12-19-13-29-15(2)23-19/h3,6,11,13,16-17H,4-5,7-10,12H2,1-2H3,(H,24,27)(H,25,28). The van der Waals surface area contributed by atoms with Crippen LogP contribution in [0.1, 0.15) is 41.9 Å². The summed E-state index contributed by atoms with van der Waals surface area (Å²) in [6.07, 6.45) is 3.66. The lowest BCUT2D eigenvalue weighted by atomic mass is 9.95. The number of nitrogens with one attached hydrogen (secondary N) is 2. The number of carbonyl (C=O) groups excluding carboxylic acids is 2. The first-order chi connectivity index (χ1) is 14.0. The molecule has 2 fully saturated rings. The van der Waals surface area contributed by atoms with E-state index in [2.05, 4.69) is 25.9 Å². The first kappa shape index (κ1) is 20.0. The molecule has 2 heterocycles. The number of likely N-dealkylation sites (tertiary alicyclic amines) is 1. The molecule has 1 aromatic carbocycles. The van der Waals surface area contributed by atoms with Crippen molar-refractivity contribution in [3.05, 3.63) is 39.8 Å². The van der Waals surface area contributed by atoms with Crippen molar-refractivity contribution < 1.29 is 9.59 Å². The van der Waals surface area contributed by atoms with Crippen molar-refractivity contribution >= 4 is 34.5 Å². The maximum Gasteiger partial charge on any atom is 0.227 e. The van der Waals surface area contributed by atoms with Gasteiger partial charge in [0, 0.05) is 35.1 Å². The molecule has 1 aliphatic heterocycles. The van der Waals surface area contributed by atoms with E-state index in [1.807, 2.05) is 32.0 Å². The van der Waals surface area contributed by atoms with Gasteiger partial charge in [0.25, 0.3) is 0 Å². The zero-order valence-corrected chi connectivity index (χ0v) is 17.8. The number of aromatic nitrogens is 1. The van der Waals surface area contributed by atoms with Crippen LogP contribution in [0.2, 0.25) is 0 Å². The van der Waals surface area contributed by atoms with Crippen molar-refractivity contribution in [2.45, 2.75) is 46.1 Å². The molecule has 0 unspecified atom stereocenters. The summed E-state index contributed by atoms with van der Waals surface area (Å²) in [5, 5.41) is 9.25. The molecule has 6 nitrogen and oxygen atoms in total. The van der Waals surface area contributed by atoms with Crippen molar-refractivity contribution in [1.82, 2.24) is 9.88 Å². The monoisotopic (exact) mass is 412 g/mol. The second-order valence-corrected chi connectivity index (χ2v) is 9.25. The van der Waals surface area contributed by atoms with Gasteiger partial charge in [-0.1, -0.05) is 6.07 Å². The Bertz CT molecular complexity index is 898. The van der Waals surface area contributed by atoms with E-state index >= 15 is 0 Å². The largest absolute Gasteiger partial charge is 0.326 e. The highest BCUT2D eigenvalue weighted by atomic mass is 32.1. The van der Waals surface area contributed by atoms with Gasteiger partial charge in [-0.2, -0.15) is 0 Å². The van der Waals surface area contributed by atoms with Crippen LogP contribution >= 0.6 is 11.3 Å². The van der Waals surface area contributed by atoms with E-state index < -0.39 is 0 Å².